The van der Waals surface area contributed by atoms with Crippen molar-refractivity contribution in [1.29, 1.82) is 0 Å². The fraction of sp³-hybridized carbons (Fsp3) is 0.238. The number of piperazine rings is 1. The number of fused-ring (bicyclic) bond motifs is 1. The highest BCUT2D eigenvalue weighted by atomic mass is 16.6. The van der Waals surface area contributed by atoms with Gasteiger partial charge in [0.15, 0.2) is 0 Å². The Morgan fingerprint density at radius 1 is 1.07 bits per heavy atom. The minimum Gasteiger partial charge on any atom is -0.449 e. The lowest BCUT2D eigenvalue weighted by Crippen LogP contribution is -2.47. The van der Waals surface area contributed by atoms with E-state index in [1.807, 2.05) is 7.05 Å². The molecular weight excluding hydrogens is 388 g/mol. The maximum absolute atomic E-state index is 13.1. The van der Waals surface area contributed by atoms with Crippen molar-refractivity contribution in [2.45, 2.75) is 0 Å². The number of carbonyl (C=O) groups excluding carboxylic acids is 2. The molecule has 1 aliphatic heterocycles. The Morgan fingerprint density at radius 2 is 1.80 bits per heavy atom. The molecule has 1 aliphatic rings. The minimum atomic E-state index is -0.563. The summed E-state index contributed by atoms with van der Waals surface area (Å²) in [6, 6.07) is 12.5. The number of carbonyl (C=O) groups is 2. The number of benzene rings is 2. The molecule has 1 fully saturated rings. The third-order valence-corrected chi connectivity index (χ3v) is 5.14. The highest BCUT2D eigenvalue weighted by Crippen LogP contribution is 2.32. The quantitative estimate of drug-likeness (QED) is 0.525. The molecule has 2 heterocycles. The average Bonchev–Trinajstić information content (AvgIpc) is 3.12. The van der Waals surface area contributed by atoms with Crippen molar-refractivity contribution in [2.24, 2.45) is 0 Å². The zero-order valence-corrected chi connectivity index (χ0v) is 16.3. The third-order valence-electron chi connectivity index (χ3n) is 5.14. The van der Waals surface area contributed by atoms with Crippen LogP contribution in [0.25, 0.3) is 11.0 Å². The van der Waals surface area contributed by atoms with Crippen molar-refractivity contribution in [3.63, 3.8) is 0 Å². The first-order chi connectivity index (χ1) is 14.4. The number of non-ortho nitro benzene ring substituents is 1. The van der Waals surface area contributed by atoms with Gasteiger partial charge in [0, 0.05) is 49.3 Å². The van der Waals surface area contributed by atoms with Crippen LogP contribution >= 0.6 is 0 Å². The molecule has 1 saturated heterocycles. The first-order valence-electron chi connectivity index (χ1n) is 9.49. The normalized spacial score (nSPS) is 14.6. The van der Waals surface area contributed by atoms with E-state index in [1.165, 1.54) is 24.3 Å². The number of rotatable bonds is 4. The molecule has 0 atom stereocenters. The van der Waals surface area contributed by atoms with Gasteiger partial charge in [-0.15, -0.1) is 0 Å². The zero-order valence-electron chi connectivity index (χ0n) is 16.3. The number of nitro benzene ring substituents is 1. The fourth-order valence-corrected chi connectivity index (χ4v) is 3.42. The van der Waals surface area contributed by atoms with Gasteiger partial charge in [-0.25, -0.2) is 0 Å². The number of hydrogen-bond acceptors (Lipinski definition) is 6. The van der Waals surface area contributed by atoms with E-state index >= 15 is 0 Å². The monoisotopic (exact) mass is 408 g/mol. The van der Waals surface area contributed by atoms with Gasteiger partial charge in [0.2, 0.25) is 5.76 Å². The molecule has 0 aliphatic carbocycles. The summed E-state index contributed by atoms with van der Waals surface area (Å²) in [5.41, 5.74) is 0.677. The van der Waals surface area contributed by atoms with Crippen LogP contribution < -0.4 is 5.32 Å². The Bertz CT molecular complexity index is 1130. The molecule has 154 valence electrons. The Labute approximate surface area is 172 Å². The second-order valence-electron chi connectivity index (χ2n) is 7.16. The molecule has 0 radical (unpaired) electrons. The van der Waals surface area contributed by atoms with E-state index < -0.39 is 10.8 Å². The summed E-state index contributed by atoms with van der Waals surface area (Å²) >= 11 is 0. The summed E-state index contributed by atoms with van der Waals surface area (Å²) in [6.45, 7) is 2.62. The summed E-state index contributed by atoms with van der Waals surface area (Å²) in [4.78, 5) is 40.2. The van der Waals surface area contributed by atoms with Crippen LogP contribution in [0.5, 0.6) is 0 Å². The third kappa shape index (κ3) is 3.74. The summed E-state index contributed by atoms with van der Waals surface area (Å²) in [6.07, 6.45) is 0. The van der Waals surface area contributed by atoms with E-state index in [2.05, 4.69) is 10.2 Å². The standard InChI is InChI=1S/C21H20N4O5/c1-23-9-11-24(12-10-23)21(27)19-18(16-7-2-3-8-17(16)30-19)22-20(26)14-5-4-6-15(13-14)25(28)29/h2-8,13H,9-12H2,1H3,(H,22,26). The van der Waals surface area contributed by atoms with Gasteiger partial charge in [0.25, 0.3) is 17.5 Å². The van der Waals surface area contributed by atoms with Crippen molar-refractivity contribution in [2.75, 3.05) is 38.5 Å². The fourth-order valence-electron chi connectivity index (χ4n) is 3.42. The Hall–Kier alpha value is -3.72. The molecule has 0 bridgehead atoms. The van der Waals surface area contributed by atoms with Gasteiger partial charge in [-0.2, -0.15) is 0 Å². The van der Waals surface area contributed by atoms with E-state index in [0.717, 1.165) is 13.1 Å². The van der Waals surface area contributed by atoms with Crippen LogP contribution in [0, 0.1) is 10.1 Å². The van der Waals surface area contributed by atoms with Crippen molar-refractivity contribution >= 4 is 34.2 Å². The van der Waals surface area contributed by atoms with Crippen molar-refractivity contribution in [1.82, 2.24) is 9.80 Å². The minimum absolute atomic E-state index is 0.0551. The molecular formula is C21H20N4O5. The van der Waals surface area contributed by atoms with Gasteiger partial charge < -0.3 is 19.5 Å². The summed E-state index contributed by atoms with van der Waals surface area (Å²) in [5, 5.41) is 14.3. The lowest BCUT2D eigenvalue weighted by Gasteiger charge is -2.32. The summed E-state index contributed by atoms with van der Waals surface area (Å²) < 4.78 is 5.81. The maximum atomic E-state index is 13.1. The van der Waals surface area contributed by atoms with E-state index in [0.29, 0.717) is 24.1 Å². The number of para-hydroxylation sites is 1. The van der Waals surface area contributed by atoms with Crippen LogP contribution in [0.1, 0.15) is 20.9 Å². The van der Waals surface area contributed by atoms with E-state index in [4.69, 9.17) is 4.42 Å². The molecule has 0 saturated carbocycles. The zero-order chi connectivity index (χ0) is 21.3. The van der Waals surface area contributed by atoms with Gasteiger partial charge in [-0.3, -0.25) is 19.7 Å². The Kier molecular flexibility index (Phi) is 5.20. The topological polar surface area (TPSA) is 109 Å². The first-order valence-corrected chi connectivity index (χ1v) is 9.49. The van der Waals surface area contributed by atoms with E-state index in [9.17, 15) is 19.7 Å². The predicted octanol–water partition coefficient (Wildman–Crippen LogP) is 2.98. The lowest BCUT2D eigenvalue weighted by atomic mass is 10.1. The Balaban J connectivity index is 1.68. The summed E-state index contributed by atoms with van der Waals surface area (Å²) in [7, 11) is 1.99. The molecule has 9 heteroatoms. The van der Waals surface area contributed by atoms with Crippen LogP contribution in [-0.4, -0.2) is 59.8 Å². The number of amides is 2. The first kappa shape index (κ1) is 19.6. The van der Waals surface area contributed by atoms with E-state index in [-0.39, 0.29) is 28.6 Å². The second kappa shape index (κ2) is 7.96. The predicted molar refractivity (Wildman–Crippen MR) is 111 cm³/mol. The maximum Gasteiger partial charge on any atom is 0.291 e. The Morgan fingerprint density at radius 3 is 2.53 bits per heavy atom. The molecule has 4 rings (SSSR count). The SMILES string of the molecule is CN1CCN(C(=O)c2oc3ccccc3c2NC(=O)c2cccc([N+](=O)[O-])c2)CC1. The molecule has 9 nitrogen and oxygen atoms in total. The molecule has 0 unspecified atom stereocenters. The van der Waals surface area contributed by atoms with Gasteiger partial charge in [-0.05, 0) is 25.2 Å². The number of nitrogens with one attached hydrogen (secondary N) is 1. The summed E-state index contributed by atoms with van der Waals surface area (Å²) in [5.74, 6) is -0.800. The van der Waals surface area contributed by atoms with Crippen LogP contribution in [0.3, 0.4) is 0 Å². The molecule has 1 N–H and O–H groups in total. The largest absolute Gasteiger partial charge is 0.449 e. The van der Waals surface area contributed by atoms with Gasteiger partial charge >= 0.3 is 0 Å². The highest BCUT2D eigenvalue weighted by molar-refractivity contribution is 6.14. The molecule has 0 spiro atoms. The van der Waals surface area contributed by atoms with Crippen molar-refractivity contribution in [3.05, 3.63) is 70.0 Å². The van der Waals surface area contributed by atoms with E-state index in [1.54, 1.807) is 29.2 Å². The van der Waals surface area contributed by atoms with Crippen molar-refractivity contribution < 1.29 is 18.9 Å². The highest BCUT2D eigenvalue weighted by Gasteiger charge is 2.28. The van der Waals surface area contributed by atoms with Gasteiger partial charge in [0.05, 0.1) is 4.92 Å². The average molecular weight is 408 g/mol. The molecule has 30 heavy (non-hydrogen) atoms. The number of hydrogen-bond donors (Lipinski definition) is 1. The van der Waals surface area contributed by atoms with Gasteiger partial charge in [0.1, 0.15) is 11.3 Å². The van der Waals surface area contributed by atoms with Crippen LogP contribution in [-0.2, 0) is 0 Å². The number of anilines is 1. The van der Waals surface area contributed by atoms with Crippen LogP contribution in [0.15, 0.2) is 52.9 Å². The molecule has 2 amide bonds. The van der Waals surface area contributed by atoms with Gasteiger partial charge in [-0.1, -0.05) is 18.2 Å². The number of likely N-dealkylation sites (N-methyl/N-ethyl adjacent to an activating group) is 1. The molecule has 1 aromatic heterocycles. The van der Waals surface area contributed by atoms with Crippen LogP contribution in [0.2, 0.25) is 0 Å². The molecule has 2 aromatic carbocycles. The smallest absolute Gasteiger partial charge is 0.291 e. The number of furan rings is 1. The number of nitrogens with zero attached hydrogens (tertiary/aromatic N) is 3. The number of nitro groups is 1. The van der Waals surface area contributed by atoms with Crippen molar-refractivity contribution in [3.8, 4) is 0 Å². The molecule has 3 aromatic rings. The second-order valence-corrected chi connectivity index (χ2v) is 7.16. The lowest BCUT2D eigenvalue weighted by molar-refractivity contribution is -0.384. The van der Waals surface area contributed by atoms with Crippen LogP contribution in [0.4, 0.5) is 11.4 Å².